The van der Waals surface area contributed by atoms with Crippen LogP contribution in [-0.2, 0) is 0 Å². The lowest BCUT2D eigenvalue weighted by Crippen LogP contribution is -1.90. The predicted octanol–water partition coefficient (Wildman–Crippen LogP) is 13.9. The molecule has 0 aliphatic carbocycles. The fourth-order valence-electron chi connectivity index (χ4n) is 8.23. The van der Waals surface area contributed by atoms with Crippen LogP contribution < -0.4 is 0 Å². The lowest BCUT2D eigenvalue weighted by atomic mass is 9.86. The van der Waals surface area contributed by atoms with Crippen LogP contribution in [0.2, 0.25) is 0 Å². The van der Waals surface area contributed by atoms with Gasteiger partial charge in [-0.2, -0.15) is 0 Å². The van der Waals surface area contributed by atoms with Crippen LogP contribution in [-0.4, -0.2) is 0 Å². The fraction of sp³-hybridized carbons (Fsp3) is 0. The number of furan rings is 2. The SMILES string of the molecule is c1ccc(-c2c3ccccc3c(-c3ccc(-c4ccc5c(c4)oc4ccc6oc7c8ccccc8ccc7c6c45)cc3)c3ccccc23)cc1. The van der Waals surface area contributed by atoms with E-state index in [1.54, 1.807) is 0 Å². The molecule has 0 amide bonds. The van der Waals surface area contributed by atoms with Gasteiger partial charge in [-0.3, -0.25) is 0 Å². The molecule has 0 bridgehead atoms. The van der Waals surface area contributed by atoms with Crippen molar-refractivity contribution in [2.75, 3.05) is 0 Å². The smallest absolute Gasteiger partial charge is 0.143 e. The second-order valence-electron chi connectivity index (χ2n) is 13.2. The van der Waals surface area contributed by atoms with Crippen molar-refractivity contribution in [3.8, 4) is 33.4 Å². The Morgan fingerprint density at radius 3 is 1.46 bits per heavy atom. The zero-order chi connectivity index (χ0) is 32.8. The minimum atomic E-state index is 0.869. The van der Waals surface area contributed by atoms with Gasteiger partial charge >= 0.3 is 0 Å². The van der Waals surface area contributed by atoms with E-state index in [0.29, 0.717) is 0 Å². The molecular formula is C48H28O2. The molecule has 0 radical (unpaired) electrons. The van der Waals surface area contributed by atoms with E-state index in [2.05, 4.69) is 158 Å². The normalized spacial score (nSPS) is 12.0. The number of hydrogen-bond acceptors (Lipinski definition) is 2. The Kier molecular flexibility index (Phi) is 5.70. The molecule has 0 unspecified atom stereocenters. The number of hydrogen-bond donors (Lipinski definition) is 0. The van der Waals surface area contributed by atoms with Gasteiger partial charge in [0.05, 0.1) is 0 Å². The van der Waals surface area contributed by atoms with E-state index < -0.39 is 0 Å². The predicted molar refractivity (Wildman–Crippen MR) is 210 cm³/mol. The Morgan fingerprint density at radius 2 is 0.780 bits per heavy atom. The molecule has 11 rings (SSSR count). The maximum absolute atomic E-state index is 6.52. The first kappa shape index (κ1) is 27.3. The average molecular weight is 637 g/mol. The minimum absolute atomic E-state index is 0.869. The molecule has 0 saturated carbocycles. The van der Waals surface area contributed by atoms with E-state index >= 15 is 0 Å². The molecule has 232 valence electrons. The third-order valence-corrected chi connectivity index (χ3v) is 10.5. The Labute approximate surface area is 287 Å². The van der Waals surface area contributed by atoms with E-state index in [-0.39, 0.29) is 0 Å². The standard InChI is InChI=1S/C48H28O2/c1-2-11-31(12-3-1)44-35-14-6-8-16-37(35)45(38-17-9-7-15-36(38)44)32-20-18-29(19-21-32)33-23-24-39-43(28-33)49-41-26-27-42-47(46(39)41)40-25-22-30-10-4-5-13-34(30)48(40)50-42/h1-28H. The molecular weight excluding hydrogens is 609 g/mol. The summed E-state index contributed by atoms with van der Waals surface area (Å²) in [5.74, 6) is 0. The molecule has 0 saturated heterocycles. The van der Waals surface area contributed by atoms with Crippen LogP contribution in [0, 0.1) is 0 Å². The van der Waals surface area contributed by atoms with E-state index in [9.17, 15) is 0 Å². The van der Waals surface area contributed by atoms with Gasteiger partial charge in [-0.05, 0) is 90.6 Å². The van der Waals surface area contributed by atoms with Crippen molar-refractivity contribution < 1.29 is 8.83 Å². The molecule has 2 nitrogen and oxygen atoms in total. The summed E-state index contributed by atoms with van der Waals surface area (Å²) in [6.07, 6.45) is 0. The van der Waals surface area contributed by atoms with E-state index in [0.717, 1.165) is 60.4 Å². The number of fused-ring (bicyclic) bond motifs is 11. The quantitative estimate of drug-likeness (QED) is 0.180. The molecule has 0 aliphatic rings. The summed E-state index contributed by atoms with van der Waals surface area (Å²) in [4.78, 5) is 0. The van der Waals surface area contributed by atoms with Crippen molar-refractivity contribution in [3.05, 3.63) is 170 Å². The summed E-state index contributed by atoms with van der Waals surface area (Å²) in [6.45, 7) is 0. The van der Waals surface area contributed by atoms with Crippen molar-refractivity contribution >= 4 is 76.2 Å². The maximum atomic E-state index is 6.52. The molecule has 9 aromatic carbocycles. The third-order valence-electron chi connectivity index (χ3n) is 10.5. The van der Waals surface area contributed by atoms with Crippen molar-refractivity contribution in [1.29, 1.82) is 0 Å². The highest BCUT2D eigenvalue weighted by Gasteiger charge is 2.19. The summed E-state index contributed by atoms with van der Waals surface area (Å²) in [5.41, 5.74) is 10.8. The Bertz CT molecular complexity index is 3070. The van der Waals surface area contributed by atoms with Gasteiger partial charge in [0.25, 0.3) is 0 Å². The van der Waals surface area contributed by atoms with Gasteiger partial charge < -0.3 is 8.83 Å². The molecule has 11 aromatic rings. The average Bonchev–Trinajstić information content (AvgIpc) is 3.75. The monoisotopic (exact) mass is 636 g/mol. The van der Waals surface area contributed by atoms with Gasteiger partial charge in [0.1, 0.15) is 22.3 Å². The lowest BCUT2D eigenvalue weighted by Gasteiger charge is -2.18. The topological polar surface area (TPSA) is 26.3 Å². The van der Waals surface area contributed by atoms with Crippen LogP contribution in [0.1, 0.15) is 0 Å². The fourth-order valence-corrected chi connectivity index (χ4v) is 8.23. The number of benzene rings is 9. The Hall–Kier alpha value is -6.64. The Balaban J connectivity index is 1.05. The molecule has 0 N–H and O–H groups in total. The van der Waals surface area contributed by atoms with Crippen molar-refractivity contribution in [2.45, 2.75) is 0 Å². The zero-order valence-electron chi connectivity index (χ0n) is 27.0. The molecule has 0 atom stereocenters. The van der Waals surface area contributed by atoms with Crippen LogP contribution in [0.4, 0.5) is 0 Å². The van der Waals surface area contributed by atoms with Gasteiger partial charge in [0.15, 0.2) is 0 Å². The van der Waals surface area contributed by atoms with E-state index in [1.807, 2.05) is 12.1 Å². The van der Waals surface area contributed by atoms with Crippen LogP contribution in [0.3, 0.4) is 0 Å². The molecule has 50 heavy (non-hydrogen) atoms. The first-order valence-corrected chi connectivity index (χ1v) is 17.1. The van der Waals surface area contributed by atoms with E-state index in [4.69, 9.17) is 8.83 Å². The van der Waals surface area contributed by atoms with Gasteiger partial charge in [0.2, 0.25) is 0 Å². The Morgan fingerprint density at radius 1 is 0.280 bits per heavy atom. The molecule has 0 spiro atoms. The van der Waals surface area contributed by atoms with E-state index in [1.165, 1.54) is 49.2 Å². The second kappa shape index (κ2) is 10.4. The number of rotatable bonds is 3. The summed E-state index contributed by atoms with van der Waals surface area (Å²) in [7, 11) is 0. The summed E-state index contributed by atoms with van der Waals surface area (Å²) >= 11 is 0. The van der Waals surface area contributed by atoms with Gasteiger partial charge in [-0.15, -0.1) is 0 Å². The summed E-state index contributed by atoms with van der Waals surface area (Å²) < 4.78 is 13.0. The van der Waals surface area contributed by atoms with Gasteiger partial charge in [-0.1, -0.05) is 140 Å². The van der Waals surface area contributed by atoms with Crippen molar-refractivity contribution in [3.63, 3.8) is 0 Å². The van der Waals surface area contributed by atoms with Crippen molar-refractivity contribution in [2.24, 2.45) is 0 Å². The van der Waals surface area contributed by atoms with Gasteiger partial charge in [0, 0.05) is 26.9 Å². The largest absolute Gasteiger partial charge is 0.456 e. The van der Waals surface area contributed by atoms with Crippen LogP contribution in [0.25, 0.3) is 110 Å². The zero-order valence-corrected chi connectivity index (χ0v) is 27.0. The lowest BCUT2D eigenvalue weighted by molar-refractivity contribution is 0.664. The molecule has 2 aromatic heterocycles. The first-order valence-electron chi connectivity index (χ1n) is 17.1. The van der Waals surface area contributed by atoms with Gasteiger partial charge in [-0.25, -0.2) is 0 Å². The highest BCUT2D eigenvalue weighted by molar-refractivity contribution is 6.28. The summed E-state index contributed by atoms with van der Waals surface area (Å²) in [5, 5.41) is 11.8. The first-order chi connectivity index (χ1) is 24.8. The van der Waals surface area contributed by atoms with Crippen molar-refractivity contribution in [1.82, 2.24) is 0 Å². The molecule has 0 fully saturated rings. The summed E-state index contributed by atoms with van der Waals surface area (Å²) in [6, 6.07) is 60.8. The maximum Gasteiger partial charge on any atom is 0.143 e. The second-order valence-corrected chi connectivity index (χ2v) is 13.2. The molecule has 0 aliphatic heterocycles. The van der Waals surface area contributed by atoms with Crippen LogP contribution in [0.15, 0.2) is 179 Å². The van der Waals surface area contributed by atoms with Crippen LogP contribution >= 0.6 is 0 Å². The minimum Gasteiger partial charge on any atom is -0.456 e. The molecule has 2 heterocycles. The highest BCUT2D eigenvalue weighted by atomic mass is 16.3. The molecule has 2 heteroatoms. The highest BCUT2D eigenvalue weighted by Crippen LogP contribution is 2.45. The third kappa shape index (κ3) is 3.90. The van der Waals surface area contributed by atoms with Crippen LogP contribution in [0.5, 0.6) is 0 Å².